The summed E-state index contributed by atoms with van der Waals surface area (Å²) >= 11 is 0. The zero-order valence-corrected chi connectivity index (χ0v) is 31.2. The van der Waals surface area contributed by atoms with Crippen LogP contribution in [0.15, 0.2) is 12.3 Å². The van der Waals surface area contributed by atoms with Crippen molar-refractivity contribution in [1.29, 1.82) is 0 Å². The van der Waals surface area contributed by atoms with Crippen LogP contribution in [-0.2, 0) is 22.4 Å². The van der Waals surface area contributed by atoms with Crippen molar-refractivity contribution in [1.82, 2.24) is 29.5 Å². The highest BCUT2D eigenvalue weighted by Gasteiger charge is 2.38. The fourth-order valence-corrected chi connectivity index (χ4v) is 8.09. The number of hydrogen-bond acceptors (Lipinski definition) is 10. The number of aryl methyl sites for hydroxylation is 1. The monoisotopic (exact) mass is 699 g/mol. The highest BCUT2D eigenvalue weighted by atomic mass is 16.6. The minimum absolute atomic E-state index is 0.0373. The maximum Gasteiger partial charge on any atom is 0.410 e. The molecule has 274 valence electrons. The van der Waals surface area contributed by atoms with Gasteiger partial charge in [-0.15, -0.1) is 0 Å². The van der Waals surface area contributed by atoms with Crippen LogP contribution in [0.2, 0.25) is 0 Å². The number of rotatable bonds is 7. The van der Waals surface area contributed by atoms with Gasteiger partial charge >= 0.3 is 12.1 Å². The second-order valence-electron chi connectivity index (χ2n) is 15.6. The molecule has 3 fully saturated rings. The number of nitrogens with zero attached hydrogens (tertiary/aromatic N) is 9. The van der Waals surface area contributed by atoms with Gasteiger partial charge in [-0.3, -0.25) is 4.90 Å². The first kappa shape index (κ1) is 35.3. The van der Waals surface area contributed by atoms with Crippen LogP contribution in [0.25, 0.3) is 15.7 Å². The molecule has 2 aromatic heterocycles. The molecule has 1 unspecified atom stereocenters. The summed E-state index contributed by atoms with van der Waals surface area (Å²) in [6, 6.07) is 2.65. The number of benzene rings is 1. The molecule has 3 atom stereocenters. The number of ether oxygens (including phenoxy) is 3. The third-order valence-electron chi connectivity index (χ3n) is 10.9. The number of anilines is 2. The van der Waals surface area contributed by atoms with Crippen LogP contribution < -0.4 is 14.5 Å². The van der Waals surface area contributed by atoms with Gasteiger partial charge in [-0.2, -0.15) is 15.1 Å². The van der Waals surface area contributed by atoms with Crippen molar-refractivity contribution in [2.24, 2.45) is 0 Å². The average molecular weight is 700 g/mol. The number of piperazine rings is 1. The van der Waals surface area contributed by atoms with E-state index in [0.717, 1.165) is 86.2 Å². The topological polar surface area (TPSA) is 106 Å². The average Bonchev–Trinajstić information content (AvgIpc) is 3.72. The van der Waals surface area contributed by atoms with Gasteiger partial charge in [0.2, 0.25) is 6.54 Å². The molecule has 1 aromatic carbocycles. The zero-order chi connectivity index (χ0) is 35.9. The molecular weight excluding hydrogens is 646 g/mol. The molecule has 3 saturated heterocycles. The Morgan fingerprint density at radius 1 is 1.06 bits per heavy atom. The van der Waals surface area contributed by atoms with Crippen LogP contribution in [-0.4, -0.2) is 113 Å². The Morgan fingerprint density at radius 3 is 2.63 bits per heavy atom. The van der Waals surface area contributed by atoms with Gasteiger partial charge in [-0.05, 0) is 104 Å². The lowest BCUT2D eigenvalue weighted by Gasteiger charge is -2.41. The third kappa shape index (κ3) is 7.31. The summed E-state index contributed by atoms with van der Waals surface area (Å²) in [5.74, 6) is 0.849. The van der Waals surface area contributed by atoms with E-state index in [1.54, 1.807) is 4.90 Å². The minimum Gasteiger partial charge on any atom is -0.462 e. The van der Waals surface area contributed by atoms with Crippen LogP contribution in [0.1, 0.15) is 81.5 Å². The largest absolute Gasteiger partial charge is 0.462 e. The summed E-state index contributed by atoms with van der Waals surface area (Å²) in [5.41, 5.74) is 6.21. The molecule has 0 aliphatic carbocycles. The van der Waals surface area contributed by atoms with Crippen LogP contribution in [0, 0.1) is 20.4 Å². The van der Waals surface area contributed by atoms with Crippen molar-refractivity contribution in [3.8, 4) is 6.01 Å². The van der Waals surface area contributed by atoms with Crippen LogP contribution >= 0.6 is 0 Å². The lowest BCUT2D eigenvalue weighted by Crippen LogP contribution is -2.57. The van der Waals surface area contributed by atoms with Crippen molar-refractivity contribution >= 4 is 28.5 Å². The zero-order valence-electron chi connectivity index (χ0n) is 31.2. The number of carbonyl (C=O) groups is 1. The van der Waals surface area contributed by atoms with Gasteiger partial charge in [-0.1, -0.05) is 0 Å². The molecular formula is C38H53N9O4. The molecule has 4 aliphatic heterocycles. The number of carbonyl (C=O) groups excluding carboxylic acids is 1. The van der Waals surface area contributed by atoms with Crippen LogP contribution in [0.3, 0.4) is 0 Å². The first-order valence-electron chi connectivity index (χ1n) is 18.6. The lowest BCUT2D eigenvalue weighted by molar-refractivity contribution is -0.0366. The number of amides is 1. The van der Waals surface area contributed by atoms with Gasteiger partial charge in [0, 0.05) is 49.8 Å². The van der Waals surface area contributed by atoms with Crippen molar-refractivity contribution in [3.63, 3.8) is 0 Å². The molecule has 4 aliphatic rings. The molecule has 3 aromatic rings. The van der Waals surface area contributed by atoms with Crippen molar-refractivity contribution in [2.75, 3.05) is 69.3 Å². The van der Waals surface area contributed by atoms with E-state index in [1.807, 2.05) is 27.0 Å². The van der Waals surface area contributed by atoms with E-state index in [1.165, 1.54) is 16.8 Å². The molecule has 6 heterocycles. The Balaban J connectivity index is 1.21. The number of likely N-dealkylation sites (N-methyl/N-ethyl adjacent to an activating group) is 1. The van der Waals surface area contributed by atoms with Gasteiger partial charge in [-0.25, -0.2) is 16.0 Å². The number of likely N-dealkylation sites (tertiary alicyclic amines) is 1. The van der Waals surface area contributed by atoms with E-state index < -0.39 is 5.60 Å². The Labute approximate surface area is 301 Å². The molecule has 51 heavy (non-hydrogen) atoms. The summed E-state index contributed by atoms with van der Waals surface area (Å²) in [6.07, 6.45) is 7.81. The summed E-state index contributed by atoms with van der Waals surface area (Å²) in [4.78, 5) is 35.8. The smallest absolute Gasteiger partial charge is 0.410 e. The van der Waals surface area contributed by atoms with Gasteiger partial charge in [0.25, 0.3) is 0 Å². The van der Waals surface area contributed by atoms with E-state index in [4.69, 9.17) is 35.8 Å². The highest BCUT2D eigenvalue weighted by molar-refractivity contribution is 5.95. The lowest BCUT2D eigenvalue weighted by atomic mass is 9.99. The summed E-state index contributed by atoms with van der Waals surface area (Å²) in [6.45, 7) is 23.1. The molecule has 0 spiro atoms. The van der Waals surface area contributed by atoms with Crippen molar-refractivity contribution in [3.05, 3.63) is 46.1 Å². The summed E-state index contributed by atoms with van der Waals surface area (Å²) < 4.78 is 20.4. The molecule has 1 amide bonds. The Bertz CT molecular complexity index is 1790. The maximum absolute atomic E-state index is 13.2. The van der Waals surface area contributed by atoms with E-state index in [2.05, 4.69) is 51.2 Å². The van der Waals surface area contributed by atoms with E-state index in [0.29, 0.717) is 44.8 Å². The SMILES string of the molecule is [C-]#[N+]C[C@H]1CN(c2nc(OC[C@@H]3CCCN3C)nc3c2CCN(c2c(C)c(C)cc4c2cnn4C2CCCCO2)C3)CCN1C(=O)OC(C)(C)C. The van der Waals surface area contributed by atoms with E-state index >= 15 is 0 Å². The van der Waals surface area contributed by atoms with E-state index in [9.17, 15) is 4.79 Å². The van der Waals surface area contributed by atoms with Gasteiger partial charge in [0.15, 0.2) is 6.23 Å². The number of aromatic nitrogens is 4. The predicted octanol–water partition coefficient (Wildman–Crippen LogP) is 5.52. The number of fused-ring (bicyclic) bond motifs is 2. The predicted molar refractivity (Wildman–Crippen MR) is 196 cm³/mol. The van der Waals surface area contributed by atoms with Crippen LogP contribution in [0.5, 0.6) is 6.01 Å². The molecule has 13 heteroatoms. The second-order valence-corrected chi connectivity index (χ2v) is 15.6. The fourth-order valence-electron chi connectivity index (χ4n) is 8.09. The number of hydrogen-bond donors (Lipinski definition) is 0. The first-order chi connectivity index (χ1) is 24.5. The molecule has 0 bridgehead atoms. The van der Waals surface area contributed by atoms with Gasteiger partial charge in [0.1, 0.15) is 24.1 Å². The minimum atomic E-state index is -0.613. The molecule has 0 saturated carbocycles. The second kappa shape index (κ2) is 14.5. The Morgan fingerprint density at radius 2 is 1.90 bits per heavy atom. The Kier molecular flexibility index (Phi) is 10.0. The molecule has 0 N–H and O–H groups in total. The highest BCUT2D eigenvalue weighted by Crippen LogP contribution is 2.39. The van der Waals surface area contributed by atoms with Gasteiger partial charge in [0.05, 0.1) is 29.6 Å². The third-order valence-corrected chi connectivity index (χ3v) is 10.9. The fraction of sp³-hybridized carbons (Fsp3) is 0.658. The summed E-state index contributed by atoms with van der Waals surface area (Å²) in [7, 11) is 2.15. The molecule has 13 nitrogen and oxygen atoms in total. The normalized spacial score (nSPS) is 23.0. The maximum atomic E-state index is 13.2. The van der Waals surface area contributed by atoms with Crippen LogP contribution in [0.4, 0.5) is 16.3 Å². The van der Waals surface area contributed by atoms with Crippen molar-refractivity contribution in [2.45, 2.75) is 104 Å². The molecule has 7 rings (SSSR count). The Hall–Kier alpha value is -4.15. The molecule has 0 radical (unpaired) electrons. The van der Waals surface area contributed by atoms with E-state index in [-0.39, 0.29) is 24.9 Å². The first-order valence-corrected chi connectivity index (χ1v) is 18.6. The van der Waals surface area contributed by atoms with Gasteiger partial charge < -0.3 is 33.8 Å². The quantitative estimate of drug-likeness (QED) is 0.293. The van der Waals surface area contributed by atoms with Crippen molar-refractivity contribution < 1.29 is 19.0 Å². The standard InChI is InChI=1S/C38H53N9O4/c1-25-19-32-30(21-40-47(32)33-12-8-9-18-49-33)34(26(25)2)44-15-13-29-31(23-44)41-36(50-24-27-11-10-14-43(27)7)42-35(29)45-16-17-46(28(22-45)20-39-6)37(48)51-38(3,4)5/h19,21,27-28,33H,8-18,20,22-24H2,1-5,7H3/t27-,28-,33?/m0/s1. The summed E-state index contributed by atoms with van der Waals surface area (Å²) in [5, 5.41) is 6.00.